The molecule has 0 radical (unpaired) electrons. The van der Waals surface area contributed by atoms with Gasteiger partial charge in [0.25, 0.3) is 0 Å². The third kappa shape index (κ3) is 2.69. The van der Waals surface area contributed by atoms with Gasteiger partial charge in [-0.2, -0.15) is 0 Å². The summed E-state index contributed by atoms with van der Waals surface area (Å²) >= 11 is 0. The summed E-state index contributed by atoms with van der Waals surface area (Å²) in [5.41, 5.74) is 8.68. The van der Waals surface area contributed by atoms with Crippen molar-refractivity contribution >= 4 is 5.82 Å². The minimum absolute atomic E-state index is 0.373. The molecule has 0 bridgehead atoms. The lowest BCUT2D eigenvalue weighted by Gasteiger charge is -2.33. The molecular weight excluding hydrogens is 260 g/mol. The maximum Gasteiger partial charge on any atom is 0.134 e. The van der Waals surface area contributed by atoms with Gasteiger partial charge in [-0.25, -0.2) is 9.97 Å². The molecule has 0 unspecified atom stereocenters. The third-order valence-corrected chi connectivity index (χ3v) is 5.05. The van der Waals surface area contributed by atoms with E-state index in [0.717, 1.165) is 44.0 Å². The molecule has 0 saturated heterocycles. The Kier molecular flexibility index (Phi) is 3.21. The lowest BCUT2D eigenvalue weighted by atomic mass is 9.78. The molecule has 2 heterocycles. The van der Waals surface area contributed by atoms with E-state index in [4.69, 9.17) is 15.7 Å². The van der Waals surface area contributed by atoms with E-state index in [2.05, 4.69) is 24.0 Å². The molecule has 0 atom stereocenters. The molecule has 2 saturated carbocycles. The van der Waals surface area contributed by atoms with Crippen LogP contribution >= 0.6 is 0 Å². The van der Waals surface area contributed by atoms with Crippen LogP contribution in [-0.4, -0.2) is 29.1 Å². The largest absolute Gasteiger partial charge is 0.352 e. The van der Waals surface area contributed by atoms with Gasteiger partial charge < -0.3 is 10.6 Å². The summed E-state index contributed by atoms with van der Waals surface area (Å²) in [6, 6.07) is 2.59. The van der Waals surface area contributed by atoms with Gasteiger partial charge in [0.05, 0.1) is 0 Å². The van der Waals surface area contributed by atoms with Crippen LogP contribution in [0.15, 0.2) is 17.7 Å². The summed E-state index contributed by atoms with van der Waals surface area (Å²) in [5.74, 6) is 3.38. The standard InChI is InChI=1S/C17H24N4/c1-11-4-6-21(7-5-11)16-10-15(13-8-14(18)9-13)19-17(20-16)12-2-3-12/h4,10,12-14H,2-3,5-9,18H2,1H3. The Balaban J connectivity index is 1.62. The highest BCUT2D eigenvalue weighted by Crippen LogP contribution is 2.41. The van der Waals surface area contributed by atoms with Crippen molar-refractivity contribution in [1.29, 1.82) is 0 Å². The Morgan fingerprint density at radius 1 is 1.19 bits per heavy atom. The number of nitrogens with zero attached hydrogens (tertiary/aromatic N) is 3. The summed E-state index contributed by atoms with van der Waals surface area (Å²) in [5, 5.41) is 0. The second-order valence-electron chi connectivity index (χ2n) is 6.96. The second kappa shape index (κ2) is 5.09. The first-order valence-corrected chi connectivity index (χ1v) is 8.24. The summed E-state index contributed by atoms with van der Waals surface area (Å²) < 4.78 is 0. The molecular formula is C17H24N4. The molecule has 1 aliphatic heterocycles. The van der Waals surface area contributed by atoms with Gasteiger partial charge in [0.1, 0.15) is 11.6 Å². The molecule has 2 fully saturated rings. The van der Waals surface area contributed by atoms with Gasteiger partial charge in [-0.3, -0.25) is 0 Å². The average molecular weight is 284 g/mol. The van der Waals surface area contributed by atoms with Crippen LogP contribution in [0.1, 0.15) is 62.4 Å². The highest BCUT2D eigenvalue weighted by molar-refractivity contribution is 5.44. The first kappa shape index (κ1) is 13.3. The van der Waals surface area contributed by atoms with Crippen molar-refractivity contribution in [3.8, 4) is 0 Å². The van der Waals surface area contributed by atoms with Gasteiger partial charge in [-0.15, -0.1) is 0 Å². The fourth-order valence-corrected chi connectivity index (χ4v) is 3.25. The average Bonchev–Trinajstić information content (AvgIpc) is 3.29. The first-order chi connectivity index (χ1) is 10.2. The predicted octanol–water partition coefficient (Wildman–Crippen LogP) is 2.72. The molecule has 0 aromatic carbocycles. The molecule has 4 nitrogen and oxygen atoms in total. The van der Waals surface area contributed by atoms with Crippen LogP contribution in [0.5, 0.6) is 0 Å². The highest BCUT2D eigenvalue weighted by atomic mass is 15.2. The third-order valence-electron chi connectivity index (χ3n) is 5.05. The zero-order chi connectivity index (χ0) is 14.4. The van der Waals surface area contributed by atoms with Crippen molar-refractivity contribution < 1.29 is 0 Å². The van der Waals surface area contributed by atoms with Gasteiger partial charge in [-0.1, -0.05) is 11.6 Å². The van der Waals surface area contributed by atoms with Crippen LogP contribution in [0, 0.1) is 0 Å². The minimum atomic E-state index is 0.373. The van der Waals surface area contributed by atoms with Gasteiger partial charge in [0.2, 0.25) is 0 Å². The summed E-state index contributed by atoms with van der Waals surface area (Å²) in [6.07, 6.45) is 8.14. The van der Waals surface area contributed by atoms with Crippen molar-refractivity contribution in [3.63, 3.8) is 0 Å². The maximum absolute atomic E-state index is 5.95. The number of nitrogens with two attached hydrogens (primary N) is 1. The molecule has 2 aliphatic carbocycles. The summed E-state index contributed by atoms with van der Waals surface area (Å²) in [7, 11) is 0. The SMILES string of the molecule is CC1=CCN(c2cc(C3CC(N)C3)nc(C3CC3)n2)CC1. The quantitative estimate of drug-likeness (QED) is 0.867. The molecule has 1 aromatic heterocycles. The van der Waals surface area contributed by atoms with E-state index in [-0.39, 0.29) is 0 Å². The van der Waals surface area contributed by atoms with E-state index < -0.39 is 0 Å². The number of rotatable bonds is 3. The lowest BCUT2D eigenvalue weighted by Crippen LogP contribution is -2.35. The minimum Gasteiger partial charge on any atom is -0.352 e. The fourth-order valence-electron chi connectivity index (χ4n) is 3.25. The Morgan fingerprint density at radius 2 is 2.00 bits per heavy atom. The summed E-state index contributed by atoms with van der Waals surface area (Å²) in [6.45, 7) is 4.28. The molecule has 4 heteroatoms. The Morgan fingerprint density at radius 3 is 2.62 bits per heavy atom. The van der Waals surface area contributed by atoms with Crippen molar-refractivity contribution in [2.75, 3.05) is 18.0 Å². The van der Waals surface area contributed by atoms with E-state index in [1.807, 2.05) is 0 Å². The topological polar surface area (TPSA) is 55.0 Å². The molecule has 21 heavy (non-hydrogen) atoms. The lowest BCUT2D eigenvalue weighted by molar-refractivity contribution is 0.344. The van der Waals surface area contributed by atoms with Crippen LogP contribution in [0.4, 0.5) is 5.82 Å². The van der Waals surface area contributed by atoms with Crippen molar-refractivity contribution in [1.82, 2.24) is 9.97 Å². The van der Waals surface area contributed by atoms with Crippen LogP contribution < -0.4 is 10.6 Å². The van der Waals surface area contributed by atoms with Gasteiger partial charge in [-0.05, 0) is 39.0 Å². The van der Waals surface area contributed by atoms with Crippen molar-refractivity contribution in [3.05, 3.63) is 29.2 Å². The monoisotopic (exact) mass is 284 g/mol. The number of aromatic nitrogens is 2. The smallest absolute Gasteiger partial charge is 0.134 e. The zero-order valence-corrected chi connectivity index (χ0v) is 12.8. The predicted molar refractivity (Wildman–Crippen MR) is 84.5 cm³/mol. The molecule has 2 N–H and O–H groups in total. The van der Waals surface area contributed by atoms with Crippen molar-refractivity contribution in [2.24, 2.45) is 5.73 Å². The molecule has 3 aliphatic rings. The number of hydrogen-bond acceptors (Lipinski definition) is 4. The Labute approximate surface area is 126 Å². The van der Waals surface area contributed by atoms with E-state index in [9.17, 15) is 0 Å². The summed E-state index contributed by atoms with van der Waals surface area (Å²) in [4.78, 5) is 12.1. The van der Waals surface area contributed by atoms with Crippen LogP contribution in [0.3, 0.4) is 0 Å². The van der Waals surface area contributed by atoms with Crippen molar-refractivity contribution in [2.45, 2.75) is 56.9 Å². The van der Waals surface area contributed by atoms with E-state index in [1.165, 1.54) is 24.1 Å². The molecule has 0 spiro atoms. The normalized spacial score (nSPS) is 29.0. The van der Waals surface area contributed by atoms with E-state index >= 15 is 0 Å². The number of hydrogen-bond donors (Lipinski definition) is 1. The molecule has 112 valence electrons. The van der Waals surface area contributed by atoms with Gasteiger partial charge >= 0.3 is 0 Å². The van der Waals surface area contributed by atoms with Crippen LogP contribution in [-0.2, 0) is 0 Å². The molecule has 1 aromatic rings. The first-order valence-electron chi connectivity index (χ1n) is 8.24. The van der Waals surface area contributed by atoms with E-state index in [1.54, 1.807) is 0 Å². The van der Waals surface area contributed by atoms with Crippen LogP contribution in [0.25, 0.3) is 0 Å². The molecule has 4 rings (SSSR count). The highest BCUT2D eigenvalue weighted by Gasteiger charge is 2.32. The molecule has 0 amide bonds. The van der Waals surface area contributed by atoms with Crippen LogP contribution in [0.2, 0.25) is 0 Å². The Hall–Kier alpha value is -1.42. The van der Waals surface area contributed by atoms with E-state index in [0.29, 0.717) is 17.9 Å². The van der Waals surface area contributed by atoms with Gasteiger partial charge in [0.15, 0.2) is 0 Å². The number of anilines is 1. The zero-order valence-electron chi connectivity index (χ0n) is 12.8. The van der Waals surface area contributed by atoms with Gasteiger partial charge in [0, 0.05) is 42.7 Å². The second-order valence-corrected chi connectivity index (χ2v) is 6.96. The Bertz CT molecular complexity index is 570. The maximum atomic E-state index is 5.95. The fraction of sp³-hybridized carbons (Fsp3) is 0.647.